The number of hydrogen-bond donors (Lipinski definition) is 1. The molecule has 0 aliphatic carbocycles. The molecule has 0 aromatic heterocycles. The fourth-order valence-corrected chi connectivity index (χ4v) is 1.13. The van der Waals surface area contributed by atoms with Crippen molar-refractivity contribution in [2.24, 2.45) is 0 Å². The number of fused-ring (bicyclic) bond motifs is 1. The minimum atomic E-state index is -0.414. The summed E-state index contributed by atoms with van der Waals surface area (Å²) in [5.41, 5.74) is 1.76. The highest BCUT2D eigenvalue weighted by Crippen LogP contribution is 2.21. The zero-order chi connectivity index (χ0) is 9.26. The Morgan fingerprint density at radius 1 is 1.54 bits per heavy atom. The number of carbonyl (C=O) groups is 1. The topological polar surface area (TPSA) is 67.9 Å². The number of rotatable bonds is 1. The predicted octanol–water partition coefficient (Wildman–Crippen LogP) is 0.696. The van der Waals surface area contributed by atoms with Crippen LogP contribution in [-0.4, -0.2) is 28.3 Å². The lowest BCUT2D eigenvalue weighted by atomic mass is 10.1. The van der Waals surface area contributed by atoms with E-state index < -0.39 is 5.97 Å². The maximum absolute atomic E-state index is 11.2. The van der Waals surface area contributed by atoms with Crippen molar-refractivity contribution in [3.63, 3.8) is 0 Å². The quantitative estimate of drug-likeness (QED) is 0.651. The van der Waals surface area contributed by atoms with Gasteiger partial charge in [0.1, 0.15) is 11.3 Å². The second-order valence-electron chi connectivity index (χ2n) is 2.51. The second-order valence-corrected chi connectivity index (χ2v) is 2.51. The highest BCUT2D eigenvalue weighted by molar-refractivity contribution is 5.95. The number of ether oxygens (including phenoxy) is 1. The first-order valence-corrected chi connectivity index (χ1v) is 3.69. The maximum Gasteiger partial charge on any atom is 0.341 e. The second kappa shape index (κ2) is 2.85. The van der Waals surface area contributed by atoms with Crippen molar-refractivity contribution in [1.29, 1.82) is 0 Å². The molecule has 0 saturated heterocycles. The molecule has 2 rings (SSSR count). The van der Waals surface area contributed by atoms with Crippen molar-refractivity contribution in [3.05, 3.63) is 24.2 Å². The van der Waals surface area contributed by atoms with Crippen molar-refractivity contribution < 1.29 is 9.53 Å². The summed E-state index contributed by atoms with van der Waals surface area (Å²) in [5.74, 6) is -0.414. The number of carbonyl (C=O) groups excluding carboxylic acids is 1. The van der Waals surface area contributed by atoms with Crippen molar-refractivity contribution >= 4 is 5.97 Å². The van der Waals surface area contributed by atoms with Crippen molar-refractivity contribution in [3.8, 4) is 11.3 Å². The van der Waals surface area contributed by atoms with Gasteiger partial charge in [-0.1, -0.05) is 0 Å². The number of aromatic amines is 1. The first-order valence-electron chi connectivity index (χ1n) is 3.69. The normalized spacial score (nSPS) is 10.2. The molecule has 13 heavy (non-hydrogen) atoms. The van der Waals surface area contributed by atoms with Gasteiger partial charge in [0.25, 0.3) is 0 Å². The van der Waals surface area contributed by atoms with E-state index >= 15 is 0 Å². The van der Waals surface area contributed by atoms with Crippen molar-refractivity contribution in [2.75, 3.05) is 7.11 Å². The molecule has 0 amide bonds. The summed E-state index contributed by atoms with van der Waals surface area (Å²) in [6, 6.07) is 0. The van der Waals surface area contributed by atoms with Gasteiger partial charge in [-0.2, -0.15) is 5.10 Å². The van der Waals surface area contributed by atoms with Gasteiger partial charge in [-0.3, -0.25) is 0 Å². The predicted molar refractivity (Wildman–Crippen MR) is 44.3 cm³/mol. The van der Waals surface area contributed by atoms with Gasteiger partial charge in [0.15, 0.2) is 0 Å². The zero-order valence-corrected chi connectivity index (χ0v) is 6.94. The standard InChI is InChI=1S/C8H7N3O2/c1-13-8(12)6-4-9-2-5-3-10-11-7(5)6/h2-4,9H,1H3. The molecule has 0 bridgehead atoms. The SMILES string of the molecule is COC(=O)c1c[nH]cc2cnnc1-2. The van der Waals surface area contributed by atoms with Crippen LogP contribution in [0.3, 0.4) is 0 Å². The van der Waals surface area contributed by atoms with Crippen LogP contribution in [0.4, 0.5) is 0 Å². The van der Waals surface area contributed by atoms with E-state index in [0.29, 0.717) is 11.3 Å². The van der Waals surface area contributed by atoms with Gasteiger partial charge in [0.05, 0.1) is 13.3 Å². The number of nitrogens with one attached hydrogen (secondary N) is 1. The first kappa shape index (κ1) is 7.72. The van der Waals surface area contributed by atoms with Crippen LogP contribution in [0.2, 0.25) is 0 Å². The van der Waals surface area contributed by atoms with E-state index in [1.54, 1.807) is 18.6 Å². The minimum absolute atomic E-state index is 0.400. The molecule has 0 radical (unpaired) electrons. The number of esters is 1. The smallest absolute Gasteiger partial charge is 0.341 e. The summed E-state index contributed by atoms with van der Waals surface area (Å²) < 4.78 is 4.59. The third-order valence-electron chi connectivity index (χ3n) is 1.75. The molecule has 2 aliphatic rings. The molecule has 0 atom stereocenters. The molecule has 0 spiro atoms. The van der Waals surface area contributed by atoms with Crippen molar-refractivity contribution in [1.82, 2.24) is 15.2 Å². The minimum Gasteiger partial charge on any atom is -0.465 e. The number of nitrogens with zero attached hydrogens (tertiary/aromatic N) is 2. The molecule has 1 N–H and O–H groups in total. The van der Waals surface area contributed by atoms with Crippen LogP contribution in [0.25, 0.3) is 11.3 Å². The molecule has 66 valence electrons. The van der Waals surface area contributed by atoms with Crippen LogP contribution in [0.1, 0.15) is 10.4 Å². The van der Waals surface area contributed by atoms with Crippen LogP contribution < -0.4 is 0 Å². The van der Waals surface area contributed by atoms with E-state index in [0.717, 1.165) is 5.56 Å². The monoisotopic (exact) mass is 177 g/mol. The Bertz CT molecular complexity index is 410. The Balaban J connectivity index is 2.58. The van der Waals surface area contributed by atoms with Crippen LogP contribution in [0.5, 0.6) is 0 Å². The Labute approximate surface area is 74.1 Å². The Kier molecular flexibility index (Phi) is 1.70. The molecular formula is C8H7N3O2. The Morgan fingerprint density at radius 2 is 2.38 bits per heavy atom. The van der Waals surface area contributed by atoms with E-state index in [4.69, 9.17) is 0 Å². The largest absolute Gasteiger partial charge is 0.465 e. The lowest BCUT2D eigenvalue weighted by molar-refractivity contribution is 0.0601. The van der Waals surface area contributed by atoms with Gasteiger partial charge in [-0.05, 0) is 0 Å². The van der Waals surface area contributed by atoms with E-state index in [2.05, 4.69) is 19.9 Å². The summed E-state index contributed by atoms with van der Waals surface area (Å²) in [6.07, 6.45) is 4.85. The highest BCUT2D eigenvalue weighted by Gasteiger charge is 2.16. The van der Waals surface area contributed by atoms with Gasteiger partial charge in [0.2, 0.25) is 0 Å². The molecule has 0 fully saturated rings. The van der Waals surface area contributed by atoms with Crippen LogP contribution in [0.15, 0.2) is 18.6 Å². The third kappa shape index (κ3) is 1.14. The number of methoxy groups -OCH3 is 1. The third-order valence-corrected chi connectivity index (χ3v) is 1.75. The molecule has 0 aromatic carbocycles. The average molecular weight is 177 g/mol. The molecule has 2 heterocycles. The zero-order valence-electron chi connectivity index (χ0n) is 6.94. The molecule has 5 heteroatoms. The summed E-state index contributed by atoms with van der Waals surface area (Å²) in [5, 5.41) is 7.52. The lowest BCUT2D eigenvalue weighted by Gasteiger charge is -2.02. The van der Waals surface area contributed by atoms with E-state index in [1.807, 2.05) is 0 Å². The molecular weight excluding hydrogens is 170 g/mol. The molecule has 0 aromatic rings. The highest BCUT2D eigenvalue weighted by atomic mass is 16.5. The van der Waals surface area contributed by atoms with Gasteiger partial charge < -0.3 is 9.72 Å². The number of aromatic nitrogens is 3. The van der Waals surface area contributed by atoms with Gasteiger partial charge in [-0.15, -0.1) is 5.10 Å². The fraction of sp³-hybridized carbons (Fsp3) is 0.125. The fourth-order valence-electron chi connectivity index (χ4n) is 1.13. The Hall–Kier alpha value is -1.91. The lowest BCUT2D eigenvalue weighted by Crippen LogP contribution is -2.04. The van der Waals surface area contributed by atoms with Gasteiger partial charge in [-0.25, -0.2) is 4.79 Å². The van der Waals surface area contributed by atoms with Gasteiger partial charge in [0, 0.05) is 18.0 Å². The van der Waals surface area contributed by atoms with Crippen LogP contribution in [0, 0.1) is 0 Å². The molecule has 5 nitrogen and oxygen atoms in total. The average Bonchev–Trinajstić information content (AvgIpc) is 2.63. The summed E-state index contributed by atoms with van der Waals surface area (Å²) in [6.45, 7) is 0. The molecule has 0 saturated carbocycles. The number of H-pyrrole nitrogens is 1. The number of pyridine rings is 1. The van der Waals surface area contributed by atoms with Crippen molar-refractivity contribution in [2.45, 2.75) is 0 Å². The molecule has 2 aliphatic heterocycles. The van der Waals surface area contributed by atoms with Crippen LogP contribution >= 0.6 is 0 Å². The first-order chi connectivity index (χ1) is 6.33. The van der Waals surface area contributed by atoms with E-state index in [-0.39, 0.29) is 0 Å². The number of hydrogen-bond acceptors (Lipinski definition) is 4. The van der Waals surface area contributed by atoms with E-state index in [9.17, 15) is 4.79 Å². The summed E-state index contributed by atoms with van der Waals surface area (Å²) in [4.78, 5) is 14.0. The van der Waals surface area contributed by atoms with E-state index in [1.165, 1.54) is 7.11 Å². The van der Waals surface area contributed by atoms with Crippen LogP contribution in [-0.2, 0) is 4.74 Å². The molecule has 0 unspecified atom stereocenters. The van der Waals surface area contributed by atoms with Gasteiger partial charge >= 0.3 is 5.97 Å². The summed E-state index contributed by atoms with van der Waals surface area (Å²) in [7, 11) is 1.33. The summed E-state index contributed by atoms with van der Waals surface area (Å²) >= 11 is 0. The Morgan fingerprint density at radius 3 is 3.15 bits per heavy atom. The maximum atomic E-state index is 11.2.